The maximum Gasteiger partial charge on any atom is 0.259 e. The molecule has 0 aromatic carbocycles. The summed E-state index contributed by atoms with van der Waals surface area (Å²) < 4.78 is 1.10. The predicted molar refractivity (Wildman–Crippen MR) is 117 cm³/mol. The van der Waals surface area contributed by atoms with Gasteiger partial charge in [-0.15, -0.1) is 23.1 Å². The van der Waals surface area contributed by atoms with E-state index in [1.54, 1.807) is 23.1 Å². The molecule has 0 fully saturated rings. The minimum atomic E-state index is -0.122. The van der Waals surface area contributed by atoms with Gasteiger partial charge in [-0.05, 0) is 43.9 Å². The fourth-order valence-corrected chi connectivity index (χ4v) is 6.58. The Balaban J connectivity index is 1.47. The number of fused-ring (bicyclic) bond motifs is 3. The van der Waals surface area contributed by atoms with Crippen molar-refractivity contribution in [2.24, 2.45) is 5.92 Å². The van der Waals surface area contributed by atoms with Crippen LogP contribution in [0.2, 0.25) is 0 Å². The molecule has 1 aliphatic rings. The zero-order valence-electron chi connectivity index (χ0n) is 16.0. The summed E-state index contributed by atoms with van der Waals surface area (Å²) in [6.07, 6.45) is 5.74. The highest BCUT2D eigenvalue weighted by molar-refractivity contribution is 8.00. The summed E-state index contributed by atoms with van der Waals surface area (Å²) in [6, 6.07) is 0. The number of H-pyrrole nitrogens is 1. The molecule has 0 saturated heterocycles. The van der Waals surface area contributed by atoms with Gasteiger partial charge in [0.05, 0.1) is 15.3 Å². The first-order chi connectivity index (χ1) is 13.4. The zero-order valence-corrected chi connectivity index (χ0v) is 18.5. The monoisotopic (exact) mass is 434 g/mol. The molecule has 148 valence electrons. The molecule has 1 aliphatic carbocycles. The third kappa shape index (κ3) is 3.88. The normalized spacial score (nSPS) is 16.3. The molecule has 1 atom stereocenters. The Hall–Kier alpha value is -1.71. The van der Waals surface area contributed by atoms with Crippen LogP contribution >= 0.6 is 34.4 Å². The molecule has 0 saturated carbocycles. The van der Waals surface area contributed by atoms with Crippen molar-refractivity contribution in [2.75, 3.05) is 11.6 Å². The van der Waals surface area contributed by atoms with Crippen LogP contribution in [0, 0.1) is 12.8 Å². The highest BCUT2D eigenvalue weighted by atomic mass is 32.2. The fraction of sp³-hybridized carbons (Fsp3) is 0.474. The summed E-state index contributed by atoms with van der Waals surface area (Å²) in [5.74, 6) is 1.10. The number of anilines is 1. The van der Waals surface area contributed by atoms with Gasteiger partial charge in [0, 0.05) is 17.7 Å². The van der Waals surface area contributed by atoms with Crippen molar-refractivity contribution in [3.05, 3.63) is 32.3 Å². The molecule has 2 N–H and O–H groups in total. The van der Waals surface area contributed by atoms with E-state index in [0.717, 1.165) is 39.4 Å². The maximum atomic E-state index is 12.6. The molecule has 1 unspecified atom stereocenters. The number of thiazole rings is 1. The average Bonchev–Trinajstić information content (AvgIpc) is 3.18. The van der Waals surface area contributed by atoms with Gasteiger partial charge in [0.15, 0.2) is 5.13 Å². The van der Waals surface area contributed by atoms with Crippen LogP contribution in [0.4, 0.5) is 5.13 Å². The Morgan fingerprint density at radius 1 is 1.36 bits per heavy atom. The fourth-order valence-electron chi connectivity index (χ4n) is 3.55. The first-order valence-corrected chi connectivity index (χ1v) is 12.1. The average molecular weight is 435 g/mol. The highest BCUT2D eigenvalue weighted by Crippen LogP contribution is 2.35. The lowest BCUT2D eigenvalue weighted by atomic mass is 9.89. The van der Waals surface area contributed by atoms with Gasteiger partial charge in [0.25, 0.3) is 5.56 Å². The SMILES string of the molecule is CSc1sc(NC(=O)CCc2nc3sc4c(c3c(=O)[nH]2)CCC(C)C4)nc1C. The van der Waals surface area contributed by atoms with E-state index in [4.69, 9.17) is 0 Å². The van der Waals surface area contributed by atoms with Crippen LogP contribution < -0.4 is 10.9 Å². The largest absolute Gasteiger partial charge is 0.310 e. The van der Waals surface area contributed by atoms with Crippen molar-refractivity contribution >= 4 is 55.7 Å². The summed E-state index contributed by atoms with van der Waals surface area (Å²) >= 11 is 4.73. The quantitative estimate of drug-likeness (QED) is 0.589. The van der Waals surface area contributed by atoms with Crippen LogP contribution in [0.25, 0.3) is 10.2 Å². The number of hydrogen-bond acceptors (Lipinski definition) is 7. The molecular weight excluding hydrogens is 412 g/mol. The van der Waals surface area contributed by atoms with Crippen LogP contribution in [0.1, 0.15) is 41.7 Å². The Kier molecular flexibility index (Phi) is 5.57. The first kappa shape index (κ1) is 19.6. The standard InChI is InChI=1S/C19H22N4O2S3/c1-9-4-5-11-12(8-9)27-17-15(11)16(25)21-13(22-17)6-7-14(24)23-19-20-10(2)18(26-3)28-19/h9H,4-8H2,1-3H3,(H,20,23,24)(H,21,22,25). The number of aromatic amines is 1. The van der Waals surface area contributed by atoms with Crippen molar-refractivity contribution < 1.29 is 4.79 Å². The molecule has 0 aliphatic heterocycles. The summed E-state index contributed by atoms with van der Waals surface area (Å²) in [7, 11) is 0. The Morgan fingerprint density at radius 2 is 2.18 bits per heavy atom. The van der Waals surface area contributed by atoms with Crippen molar-refractivity contribution in [1.82, 2.24) is 15.0 Å². The third-order valence-corrected chi connectivity index (χ3v) is 8.42. The number of amides is 1. The van der Waals surface area contributed by atoms with E-state index >= 15 is 0 Å². The van der Waals surface area contributed by atoms with Gasteiger partial charge in [0.2, 0.25) is 5.91 Å². The Labute approximate surface area is 175 Å². The van der Waals surface area contributed by atoms with Gasteiger partial charge in [-0.3, -0.25) is 9.59 Å². The second-order valence-corrected chi connectivity index (χ2v) is 10.3. The van der Waals surface area contributed by atoms with E-state index in [1.807, 2.05) is 13.2 Å². The van der Waals surface area contributed by atoms with Crippen LogP contribution in [0.5, 0.6) is 0 Å². The predicted octanol–water partition coefficient (Wildman–Crippen LogP) is 4.17. The lowest BCUT2D eigenvalue weighted by molar-refractivity contribution is -0.116. The highest BCUT2D eigenvalue weighted by Gasteiger charge is 2.23. The zero-order chi connectivity index (χ0) is 19.8. The van der Waals surface area contributed by atoms with Gasteiger partial charge in [-0.2, -0.15) is 0 Å². The van der Waals surface area contributed by atoms with Crippen molar-refractivity contribution in [2.45, 2.75) is 50.2 Å². The molecule has 0 radical (unpaired) electrons. The second-order valence-electron chi connectivity index (χ2n) is 7.19. The number of rotatable bonds is 5. The lowest BCUT2D eigenvalue weighted by Crippen LogP contribution is -2.17. The Morgan fingerprint density at radius 3 is 2.93 bits per heavy atom. The molecule has 3 aromatic rings. The number of carbonyl (C=O) groups is 1. The van der Waals surface area contributed by atoms with Crippen LogP contribution in [0.3, 0.4) is 0 Å². The van der Waals surface area contributed by atoms with Crippen LogP contribution in [0.15, 0.2) is 9.00 Å². The number of hydrogen-bond donors (Lipinski definition) is 2. The number of thioether (sulfide) groups is 1. The molecular formula is C19H22N4O2S3. The number of aryl methyl sites for hydroxylation is 3. The van der Waals surface area contributed by atoms with E-state index in [-0.39, 0.29) is 17.9 Å². The van der Waals surface area contributed by atoms with Crippen LogP contribution in [-0.2, 0) is 24.1 Å². The smallest absolute Gasteiger partial charge is 0.259 e. The second kappa shape index (κ2) is 7.96. The van der Waals surface area contributed by atoms with E-state index in [9.17, 15) is 9.59 Å². The minimum Gasteiger partial charge on any atom is -0.310 e. The number of nitrogens with one attached hydrogen (secondary N) is 2. The Bertz CT molecular complexity index is 1100. The van der Waals surface area contributed by atoms with E-state index < -0.39 is 0 Å². The molecule has 0 spiro atoms. The molecule has 6 nitrogen and oxygen atoms in total. The van der Waals surface area contributed by atoms with Crippen molar-refractivity contribution in [3.63, 3.8) is 0 Å². The van der Waals surface area contributed by atoms with Crippen LogP contribution in [-0.4, -0.2) is 27.1 Å². The molecule has 4 rings (SSSR count). The number of aromatic nitrogens is 3. The number of carbonyl (C=O) groups excluding carboxylic acids is 1. The molecule has 28 heavy (non-hydrogen) atoms. The first-order valence-electron chi connectivity index (χ1n) is 9.29. The summed E-state index contributed by atoms with van der Waals surface area (Å²) in [5.41, 5.74) is 2.03. The van der Waals surface area contributed by atoms with Gasteiger partial charge < -0.3 is 10.3 Å². The van der Waals surface area contributed by atoms with E-state index in [1.165, 1.54) is 21.8 Å². The van der Waals surface area contributed by atoms with Crippen molar-refractivity contribution in [3.8, 4) is 0 Å². The summed E-state index contributed by atoms with van der Waals surface area (Å²) in [6.45, 7) is 4.18. The molecule has 3 heterocycles. The number of nitrogens with zero attached hydrogens (tertiary/aromatic N) is 2. The van der Waals surface area contributed by atoms with E-state index in [0.29, 0.717) is 23.3 Å². The maximum absolute atomic E-state index is 12.6. The third-order valence-electron chi connectivity index (χ3n) is 4.99. The molecule has 1 amide bonds. The molecule has 3 aromatic heterocycles. The molecule has 0 bridgehead atoms. The van der Waals surface area contributed by atoms with Gasteiger partial charge in [0.1, 0.15) is 10.7 Å². The van der Waals surface area contributed by atoms with Gasteiger partial charge in [-0.1, -0.05) is 18.3 Å². The topological polar surface area (TPSA) is 87.7 Å². The summed E-state index contributed by atoms with van der Waals surface area (Å²) in [4.78, 5) is 38.9. The number of thiophene rings is 1. The molecule has 9 heteroatoms. The minimum absolute atomic E-state index is 0.0763. The van der Waals surface area contributed by atoms with Gasteiger partial charge >= 0.3 is 0 Å². The summed E-state index contributed by atoms with van der Waals surface area (Å²) in [5, 5.41) is 4.21. The van der Waals surface area contributed by atoms with E-state index in [2.05, 4.69) is 27.2 Å². The van der Waals surface area contributed by atoms with Gasteiger partial charge in [-0.25, -0.2) is 9.97 Å². The lowest BCUT2D eigenvalue weighted by Gasteiger charge is -2.17. The van der Waals surface area contributed by atoms with Crippen molar-refractivity contribution in [1.29, 1.82) is 0 Å².